The first kappa shape index (κ1) is 42.9. The van der Waals surface area contributed by atoms with Crippen molar-refractivity contribution in [3.8, 4) is 0 Å². The van der Waals surface area contributed by atoms with Crippen LogP contribution in [0, 0.1) is 23.7 Å². The molecule has 1 aromatic heterocycles. The van der Waals surface area contributed by atoms with Crippen LogP contribution >= 0.6 is 11.3 Å². The van der Waals surface area contributed by atoms with Gasteiger partial charge in [0, 0.05) is 56.1 Å². The molecule has 0 spiro atoms. The fourth-order valence-electron chi connectivity index (χ4n) is 7.22. The zero-order chi connectivity index (χ0) is 38.5. The molecule has 2 heterocycles. The Bertz CT molecular complexity index is 1480. The number of esters is 1. The first-order valence-electron chi connectivity index (χ1n) is 18.9. The molecule has 52 heavy (non-hydrogen) atoms. The normalized spacial score (nSPS) is 18.5. The predicted octanol–water partition coefficient (Wildman–Crippen LogP) is 5.62. The van der Waals surface area contributed by atoms with Crippen molar-refractivity contribution in [2.24, 2.45) is 29.4 Å². The Hall–Kier alpha value is -3.48. The number of benzene rings is 1. The lowest BCUT2D eigenvalue weighted by atomic mass is 9.83. The molecular formula is C40H61N5O6S. The van der Waals surface area contributed by atoms with Crippen LogP contribution in [0.4, 0.5) is 0 Å². The van der Waals surface area contributed by atoms with Crippen molar-refractivity contribution in [2.45, 2.75) is 117 Å². The number of aromatic nitrogens is 1. The number of likely N-dealkylation sites (N-methyl/N-ethyl adjacent to an activating group) is 1. The quantitative estimate of drug-likeness (QED) is 0.165. The van der Waals surface area contributed by atoms with Gasteiger partial charge in [-0.3, -0.25) is 28.9 Å². The van der Waals surface area contributed by atoms with Gasteiger partial charge in [0.05, 0.1) is 12.6 Å². The molecule has 0 unspecified atom stereocenters. The molecule has 0 radical (unpaired) electrons. The number of ether oxygens (including phenoxy) is 1. The number of ketones is 2. The van der Waals surface area contributed by atoms with Gasteiger partial charge in [0.15, 0.2) is 11.9 Å². The number of amides is 2. The summed E-state index contributed by atoms with van der Waals surface area (Å²) in [5.41, 5.74) is 6.82. The molecule has 0 bridgehead atoms. The molecule has 2 amide bonds. The highest BCUT2D eigenvalue weighted by molar-refractivity contribution is 7.09. The van der Waals surface area contributed by atoms with Crippen molar-refractivity contribution in [3.05, 3.63) is 52.0 Å². The monoisotopic (exact) mass is 739 g/mol. The minimum atomic E-state index is -0.798. The maximum atomic E-state index is 14.3. The van der Waals surface area contributed by atoms with E-state index in [1.807, 2.05) is 72.0 Å². The second kappa shape index (κ2) is 20.7. The van der Waals surface area contributed by atoms with Gasteiger partial charge in [-0.15, -0.1) is 11.3 Å². The van der Waals surface area contributed by atoms with Gasteiger partial charge in [-0.1, -0.05) is 77.8 Å². The van der Waals surface area contributed by atoms with Crippen LogP contribution in [0.15, 0.2) is 35.7 Å². The number of thiazole rings is 1. The van der Waals surface area contributed by atoms with Crippen LogP contribution in [-0.4, -0.2) is 89.4 Å². The minimum absolute atomic E-state index is 0.00652. The van der Waals surface area contributed by atoms with Crippen LogP contribution in [-0.2, 0) is 30.3 Å². The average molecular weight is 740 g/mol. The highest BCUT2D eigenvalue weighted by atomic mass is 32.1. The van der Waals surface area contributed by atoms with Crippen LogP contribution in [0.2, 0.25) is 0 Å². The molecular weight excluding hydrogens is 679 g/mol. The summed E-state index contributed by atoms with van der Waals surface area (Å²) < 4.78 is 5.81. The molecule has 1 aliphatic rings. The van der Waals surface area contributed by atoms with E-state index in [2.05, 4.69) is 15.2 Å². The van der Waals surface area contributed by atoms with Crippen molar-refractivity contribution in [1.29, 1.82) is 0 Å². The Labute approximate surface area is 314 Å². The van der Waals surface area contributed by atoms with Crippen LogP contribution in [0.5, 0.6) is 0 Å². The van der Waals surface area contributed by atoms with E-state index in [0.29, 0.717) is 17.8 Å². The number of carbonyl (C=O) groups is 5. The summed E-state index contributed by atoms with van der Waals surface area (Å²) >= 11 is 1.22. The number of rotatable bonds is 20. The van der Waals surface area contributed by atoms with E-state index in [0.717, 1.165) is 37.8 Å². The number of hydrogen-bond donors (Lipinski definition) is 2. The fraction of sp³-hybridized carbons (Fsp3) is 0.650. The van der Waals surface area contributed by atoms with Crippen LogP contribution in [0.1, 0.15) is 114 Å². The van der Waals surface area contributed by atoms with Crippen molar-refractivity contribution >= 4 is 40.7 Å². The first-order valence-corrected chi connectivity index (χ1v) is 19.7. The van der Waals surface area contributed by atoms with Gasteiger partial charge >= 0.3 is 5.97 Å². The zero-order valence-corrected chi connectivity index (χ0v) is 33.2. The van der Waals surface area contributed by atoms with Crippen LogP contribution in [0.3, 0.4) is 0 Å². The maximum absolute atomic E-state index is 14.3. The van der Waals surface area contributed by atoms with Crippen molar-refractivity contribution < 1.29 is 28.7 Å². The molecule has 0 aliphatic carbocycles. The number of carbonyl (C=O) groups excluding carboxylic acids is 5. The SMILES string of the molecule is CC[C@H](C)[C@H](CC(=O)[C@H]1CCCCN1C)C(=O)N(C)[C@H](C[C@@H](OC(C)=O)c1nc(C(=O)N[C@@H](Cc2ccccc2)C[C@H](C)C(=O)CN)cs1)C(C)C. The van der Waals surface area contributed by atoms with Crippen molar-refractivity contribution in [1.82, 2.24) is 20.1 Å². The Balaban J connectivity index is 1.81. The number of nitrogens with one attached hydrogen (secondary N) is 1. The van der Waals surface area contributed by atoms with Gasteiger partial charge in [0.25, 0.3) is 5.91 Å². The standard InChI is InChI=1S/C40H61N5O6S/c1-9-26(4)31(21-35(47)33-17-13-14-18-44(33)7)40(50)45(8)34(25(2)3)22-37(51-28(6)46)39-43-32(24-52-39)38(49)42-30(19-27(5)36(48)23-41)20-29-15-11-10-12-16-29/h10-12,15-16,24-27,30-31,33-34,37H,9,13-14,17-23,41H2,1-8H3,(H,42,49)/t26-,27-,30+,31-,33+,34+,37+/m0/s1. The molecule has 11 nitrogen and oxygen atoms in total. The summed E-state index contributed by atoms with van der Waals surface area (Å²) in [7, 11) is 3.76. The molecule has 7 atom stereocenters. The third-order valence-corrected chi connectivity index (χ3v) is 11.6. The van der Waals surface area contributed by atoms with Crippen molar-refractivity contribution in [2.75, 3.05) is 27.2 Å². The minimum Gasteiger partial charge on any atom is -0.455 e. The van der Waals surface area contributed by atoms with E-state index in [4.69, 9.17) is 10.5 Å². The largest absolute Gasteiger partial charge is 0.455 e. The lowest BCUT2D eigenvalue weighted by Gasteiger charge is -2.37. The Morgan fingerprint density at radius 1 is 1.08 bits per heavy atom. The van der Waals surface area contributed by atoms with Crippen LogP contribution < -0.4 is 11.1 Å². The number of hydrogen-bond acceptors (Lipinski definition) is 10. The zero-order valence-electron chi connectivity index (χ0n) is 32.4. The fourth-order valence-corrected chi connectivity index (χ4v) is 8.06. The molecule has 1 aromatic carbocycles. The van der Waals surface area contributed by atoms with E-state index in [-0.39, 0.29) is 78.4 Å². The Kier molecular flexibility index (Phi) is 17.1. The summed E-state index contributed by atoms with van der Waals surface area (Å²) in [5.74, 6) is -1.74. The third-order valence-electron chi connectivity index (χ3n) is 10.7. The molecule has 3 N–H and O–H groups in total. The summed E-state index contributed by atoms with van der Waals surface area (Å²) in [6.07, 6.45) is 4.29. The Morgan fingerprint density at radius 3 is 2.37 bits per heavy atom. The Morgan fingerprint density at radius 2 is 1.77 bits per heavy atom. The first-order chi connectivity index (χ1) is 24.7. The maximum Gasteiger partial charge on any atom is 0.303 e. The number of nitrogens with two attached hydrogens (primary N) is 1. The molecule has 2 aromatic rings. The summed E-state index contributed by atoms with van der Waals surface area (Å²) in [6, 6.07) is 8.90. The van der Waals surface area contributed by atoms with Gasteiger partial charge in [-0.05, 0) is 56.7 Å². The molecule has 3 rings (SSSR count). The molecule has 1 saturated heterocycles. The number of likely N-dealkylation sites (tertiary alicyclic amines) is 1. The van der Waals surface area contributed by atoms with E-state index >= 15 is 0 Å². The summed E-state index contributed by atoms with van der Waals surface area (Å²) in [5, 5.41) is 5.16. The lowest BCUT2D eigenvalue weighted by molar-refractivity contribution is -0.149. The van der Waals surface area contributed by atoms with E-state index < -0.39 is 23.9 Å². The van der Waals surface area contributed by atoms with Crippen LogP contribution in [0.25, 0.3) is 0 Å². The number of nitrogens with zero attached hydrogens (tertiary/aromatic N) is 3. The number of piperidine rings is 1. The van der Waals surface area contributed by atoms with Gasteiger partial charge in [-0.25, -0.2) is 4.98 Å². The van der Waals surface area contributed by atoms with E-state index in [9.17, 15) is 24.0 Å². The number of Topliss-reactive ketones (excluding diaryl/α,β-unsaturated/α-hetero) is 2. The molecule has 1 aliphatic heterocycles. The second-order valence-corrected chi connectivity index (χ2v) is 15.9. The highest BCUT2D eigenvalue weighted by Crippen LogP contribution is 2.33. The third kappa shape index (κ3) is 12.3. The molecule has 288 valence electrons. The molecule has 12 heteroatoms. The van der Waals surface area contributed by atoms with E-state index in [1.54, 1.807) is 17.3 Å². The van der Waals surface area contributed by atoms with Gasteiger partial charge < -0.3 is 20.7 Å². The van der Waals surface area contributed by atoms with E-state index in [1.165, 1.54) is 18.3 Å². The molecule has 1 fully saturated rings. The summed E-state index contributed by atoms with van der Waals surface area (Å²) in [6.45, 7) is 12.1. The summed E-state index contributed by atoms with van der Waals surface area (Å²) in [4.78, 5) is 74.5. The van der Waals surface area contributed by atoms with Crippen molar-refractivity contribution in [3.63, 3.8) is 0 Å². The topological polar surface area (TPSA) is 152 Å². The van der Waals surface area contributed by atoms with Gasteiger partial charge in [0.1, 0.15) is 16.5 Å². The smallest absolute Gasteiger partial charge is 0.303 e. The predicted molar refractivity (Wildman–Crippen MR) is 205 cm³/mol. The molecule has 0 saturated carbocycles. The second-order valence-electron chi connectivity index (χ2n) is 15.0. The van der Waals surface area contributed by atoms with Gasteiger partial charge in [-0.2, -0.15) is 0 Å². The lowest BCUT2D eigenvalue weighted by Crippen LogP contribution is -2.48. The highest BCUT2D eigenvalue weighted by Gasteiger charge is 2.37. The van der Waals surface area contributed by atoms with Gasteiger partial charge in [0.2, 0.25) is 5.91 Å². The average Bonchev–Trinajstić information content (AvgIpc) is 3.62.